The summed E-state index contributed by atoms with van der Waals surface area (Å²) < 4.78 is 0. The van der Waals surface area contributed by atoms with Crippen molar-refractivity contribution in [1.29, 1.82) is 0 Å². The van der Waals surface area contributed by atoms with Crippen molar-refractivity contribution in [3.8, 4) is 11.1 Å². The molecular weight excluding hydrogens is 179 g/mol. The molecule has 4 N–H and O–H groups in total. The molecule has 2 aromatic carbocycles. The Morgan fingerprint density at radius 2 is 1.40 bits per heavy atom. The number of anilines is 2. The standard InChI is InChI=1S/C12H11N2.Li/c13-11-5-1-9(2-6-11)10-3-7-12(14)8-4-10;/h1-3,5-8H,13-14H2;/q-1;+1. The van der Waals surface area contributed by atoms with E-state index < -0.39 is 0 Å². The van der Waals surface area contributed by atoms with Crippen LogP contribution < -0.4 is 30.3 Å². The third-order valence-corrected chi connectivity index (χ3v) is 2.06. The number of benzene rings is 2. The van der Waals surface area contributed by atoms with Crippen molar-refractivity contribution in [2.45, 2.75) is 0 Å². The zero-order chi connectivity index (χ0) is 9.97. The van der Waals surface area contributed by atoms with Gasteiger partial charge in [0.25, 0.3) is 0 Å². The van der Waals surface area contributed by atoms with Crippen LogP contribution in [0.25, 0.3) is 11.1 Å². The SMILES string of the molecule is Nc1c[c-]c(-c2ccc(N)cc2)cc1.[Li+]. The summed E-state index contributed by atoms with van der Waals surface area (Å²) in [4.78, 5) is 0. The molecule has 2 nitrogen and oxygen atoms in total. The molecule has 2 aromatic rings. The fraction of sp³-hybridized carbons (Fsp3) is 0. The molecule has 0 saturated carbocycles. The van der Waals surface area contributed by atoms with Crippen LogP contribution in [0.5, 0.6) is 0 Å². The first kappa shape index (κ1) is 11.7. The summed E-state index contributed by atoms with van der Waals surface area (Å²) in [5.74, 6) is 0. The minimum Gasteiger partial charge on any atom is -0.436 e. The molecule has 0 aliphatic heterocycles. The molecule has 0 fully saturated rings. The molecule has 15 heavy (non-hydrogen) atoms. The van der Waals surface area contributed by atoms with Crippen LogP contribution >= 0.6 is 0 Å². The molecule has 0 aliphatic rings. The largest absolute Gasteiger partial charge is 1.00 e. The zero-order valence-corrected chi connectivity index (χ0v) is 8.70. The molecule has 70 valence electrons. The molecule has 0 aliphatic carbocycles. The van der Waals surface area contributed by atoms with Crippen molar-refractivity contribution in [3.05, 3.63) is 48.5 Å². The van der Waals surface area contributed by atoms with Crippen LogP contribution in [-0.4, -0.2) is 0 Å². The normalized spacial score (nSPS) is 9.33. The van der Waals surface area contributed by atoms with Crippen molar-refractivity contribution >= 4 is 11.4 Å². The topological polar surface area (TPSA) is 52.0 Å². The molecule has 0 radical (unpaired) electrons. The summed E-state index contributed by atoms with van der Waals surface area (Å²) in [5.41, 5.74) is 14.8. The van der Waals surface area contributed by atoms with E-state index in [4.69, 9.17) is 11.5 Å². The third-order valence-electron chi connectivity index (χ3n) is 2.06. The Hall–Kier alpha value is -1.36. The molecule has 0 atom stereocenters. The van der Waals surface area contributed by atoms with Gasteiger partial charge in [-0.25, -0.2) is 0 Å². The van der Waals surface area contributed by atoms with E-state index >= 15 is 0 Å². The van der Waals surface area contributed by atoms with Crippen LogP contribution in [0.3, 0.4) is 0 Å². The second-order valence-electron chi connectivity index (χ2n) is 3.16. The Morgan fingerprint density at radius 1 is 0.800 bits per heavy atom. The van der Waals surface area contributed by atoms with Gasteiger partial charge in [0.1, 0.15) is 0 Å². The average Bonchev–Trinajstić information content (AvgIpc) is 2.21. The van der Waals surface area contributed by atoms with Gasteiger partial charge in [0, 0.05) is 5.69 Å². The molecule has 0 unspecified atom stereocenters. The summed E-state index contributed by atoms with van der Waals surface area (Å²) in [6.45, 7) is 0. The molecule has 2 rings (SSSR count). The minimum atomic E-state index is 0. The molecule has 3 heteroatoms. The fourth-order valence-corrected chi connectivity index (χ4v) is 1.28. The van der Waals surface area contributed by atoms with Gasteiger partial charge in [0.2, 0.25) is 0 Å². The van der Waals surface area contributed by atoms with E-state index in [2.05, 4.69) is 6.07 Å². The predicted octanol–water partition coefficient (Wildman–Crippen LogP) is -0.678. The number of hydrogen-bond donors (Lipinski definition) is 2. The van der Waals surface area contributed by atoms with Gasteiger partial charge in [0.05, 0.1) is 0 Å². The molecule has 0 aromatic heterocycles. The molecule has 0 spiro atoms. The van der Waals surface area contributed by atoms with Crippen LogP contribution in [0, 0.1) is 6.07 Å². The maximum atomic E-state index is 5.60. The smallest absolute Gasteiger partial charge is 0.436 e. The van der Waals surface area contributed by atoms with E-state index in [1.807, 2.05) is 36.4 Å². The first-order valence-electron chi connectivity index (χ1n) is 4.39. The van der Waals surface area contributed by atoms with E-state index in [-0.39, 0.29) is 18.9 Å². The van der Waals surface area contributed by atoms with Crippen molar-refractivity contribution in [3.63, 3.8) is 0 Å². The summed E-state index contributed by atoms with van der Waals surface area (Å²) >= 11 is 0. The summed E-state index contributed by atoms with van der Waals surface area (Å²) in [7, 11) is 0. The monoisotopic (exact) mass is 190 g/mol. The first-order valence-corrected chi connectivity index (χ1v) is 4.39. The van der Waals surface area contributed by atoms with Crippen LogP contribution in [0.2, 0.25) is 0 Å². The van der Waals surface area contributed by atoms with Gasteiger partial charge in [-0.3, -0.25) is 0 Å². The molecule has 0 amide bonds. The van der Waals surface area contributed by atoms with Gasteiger partial charge in [-0.1, -0.05) is 23.4 Å². The van der Waals surface area contributed by atoms with Gasteiger partial charge in [-0.05, 0) is 12.1 Å². The van der Waals surface area contributed by atoms with E-state index in [1.54, 1.807) is 6.07 Å². The maximum Gasteiger partial charge on any atom is 1.00 e. The van der Waals surface area contributed by atoms with Crippen molar-refractivity contribution in [2.75, 3.05) is 11.5 Å². The van der Waals surface area contributed by atoms with Crippen LogP contribution in [0.4, 0.5) is 11.4 Å². The minimum absolute atomic E-state index is 0. The Labute approximate surface area is 101 Å². The molecule has 0 saturated heterocycles. The quantitative estimate of drug-likeness (QED) is 0.356. The Kier molecular flexibility index (Phi) is 3.85. The maximum absolute atomic E-state index is 5.60. The van der Waals surface area contributed by atoms with Crippen LogP contribution in [0.15, 0.2) is 42.5 Å². The van der Waals surface area contributed by atoms with Crippen molar-refractivity contribution < 1.29 is 18.9 Å². The predicted molar refractivity (Wildman–Crippen MR) is 59.5 cm³/mol. The summed E-state index contributed by atoms with van der Waals surface area (Å²) in [5, 5.41) is 0. The molecule has 0 heterocycles. The summed E-state index contributed by atoms with van der Waals surface area (Å²) in [6, 6.07) is 16.4. The van der Waals surface area contributed by atoms with Gasteiger partial charge in [-0.15, -0.1) is 29.8 Å². The van der Waals surface area contributed by atoms with Gasteiger partial charge >= 0.3 is 18.9 Å². The Morgan fingerprint density at radius 3 is 1.93 bits per heavy atom. The van der Waals surface area contributed by atoms with E-state index in [9.17, 15) is 0 Å². The number of rotatable bonds is 1. The van der Waals surface area contributed by atoms with E-state index in [0.717, 1.165) is 22.5 Å². The zero-order valence-electron chi connectivity index (χ0n) is 8.70. The number of nitrogens with two attached hydrogens (primary N) is 2. The van der Waals surface area contributed by atoms with E-state index in [1.165, 1.54) is 0 Å². The van der Waals surface area contributed by atoms with Crippen LogP contribution in [-0.2, 0) is 0 Å². The average molecular weight is 190 g/mol. The van der Waals surface area contributed by atoms with Crippen molar-refractivity contribution in [1.82, 2.24) is 0 Å². The molecular formula is C12H11LiN2. The van der Waals surface area contributed by atoms with Gasteiger partial charge < -0.3 is 11.5 Å². The second kappa shape index (κ2) is 4.93. The Bertz CT molecular complexity index is 377. The number of nitrogen functional groups attached to an aromatic ring is 2. The van der Waals surface area contributed by atoms with Gasteiger partial charge in [0.15, 0.2) is 0 Å². The fourth-order valence-electron chi connectivity index (χ4n) is 1.28. The second-order valence-corrected chi connectivity index (χ2v) is 3.16. The third kappa shape index (κ3) is 2.79. The van der Waals surface area contributed by atoms with Crippen LogP contribution in [0.1, 0.15) is 0 Å². The first-order chi connectivity index (χ1) is 6.75. The summed E-state index contributed by atoms with van der Waals surface area (Å²) in [6.07, 6.45) is 0. The van der Waals surface area contributed by atoms with Crippen molar-refractivity contribution in [2.24, 2.45) is 0 Å². The molecule has 0 bridgehead atoms. The number of hydrogen-bond acceptors (Lipinski definition) is 2. The van der Waals surface area contributed by atoms with Gasteiger partial charge in [-0.2, -0.15) is 0 Å². The van der Waals surface area contributed by atoms with E-state index in [0.29, 0.717) is 0 Å². The Balaban J connectivity index is 0.00000112.